The van der Waals surface area contributed by atoms with E-state index >= 15 is 0 Å². The highest BCUT2D eigenvalue weighted by Crippen LogP contribution is 2.34. The fourth-order valence-electron chi connectivity index (χ4n) is 2.08. The molecular weight excluding hydrogens is 274 g/mol. The normalized spacial score (nSPS) is 14.8. The van der Waals surface area contributed by atoms with Crippen molar-refractivity contribution in [2.24, 2.45) is 10.8 Å². The SMILES string of the molecule is CC(C)(C)CCC(C)(Cc1ccc(Cl)c(N)c1)C(=O)O. The molecule has 4 heteroatoms. The second-order valence-electron chi connectivity index (χ2n) is 6.96. The van der Waals surface area contributed by atoms with Crippen LogP contribution < -0.4 is 5.73 Å². The summed E-state index contributed by atoms with van der Waals surface area (Å²) in [5, 5.41) is 10.1. The predicted octanol–water partition coefficient (Wildman–Crippen LogP) is 4.38. The molecule has 3 N–H and O–H groups in total. The molecule has 0 aliphatic heterocycles. The van der Waals surface area contributed by atoms with Gasteiger partial charge in [0.05, 0.1) is 16.1 Å². The van der Waals surface area contributed by atoms with Gasteiger partial charge in [-0.1, -0.05) is 38.4 Å². The lowest BCUT2D eigenvalue weighted by molar-refractivity contribution is -0.148. The van der Waals surface area contributed by atoms with Gasteiger partial charge in [0.1, 0.15) is 0 Å². The van der Waals surface area contributed by atoms with E-state index in [1.807, 2.05) is 6.07 Å². The average Bonchev–Trinajstić information content (AvgIpc) is 2.30. The molecule has 0 heterocycles. The molecule has 1 aromatic carbocycles. The molecule has 0 aliphatic rings. The first-order chi connectivity index (χ1) is 9.03. The van der Waals surface area contributed by atoms with E-state index in [-0.39, 0.29) is 5.41 Å². The van der Waals surface area contributed by atoms with Gasteiger partial charge in [-0.05, 0) is 49.3 Å². The van der Waals surface area contributed by atoms with Gasteiger partial charge in [0.15, 0.2) is 0 Å². The zero-order chi connectivity index (χ0) is 15.6. The molecule has 0 aromatic heterocycles. The van der Waals surface area contributed by atoms with E-state index in [0.717, 1.165) is 12.0 Å². The van der Waals surface area contributed by atoms with Crippen LogP contribution in [0.4, 0.5) is 5.69 Å². The molecule has 0 radical (unpaired) electrons. The van der Waals surface area contributed by atoms with E-state index in [1.54, 1.807) is 19.1 Å². The Morgan fingerprint density at radius 1 is 1.25 bits per heavy atom. The van der Waals surface area contributed by atoms with Crippen molar-refractivity contribution in [1.29, 1.82) is 0 Å². The lowest BCUT2D eigenvalue weighted by Gasteiger charge is -2.29. The fraction of sp³-hybridized carbons (Fsp3) is 0.562. The van der Waals surface area contributed by atoms with Crippen molar-refractivity contribution in [1.82, 2.24) is 0 Å². The van der Waals surface area contributed by atoms with Crippen LogP contribution in [-0.2, 0) is 11.2 Å². The summed E-state index contributed by atoms with van der Waals surface area (Å²) in [6.07, 6.45) is 1.95. The van der Waals surface area contributed by atoms with Crippen molar-refractivity contribution in [2.75, 3.05) is 5.73 Å². The molecule has 0 aliphatic carbocycles. The molecule has 0 spiro atoms. The molecular formula is C16H24ClNO2. The lowest BCUT2D eigenvalue weighted by Crippen LogP contribution is -2.31. The predicted molar refractivity (Wildman–Crippen MR) is 84.0 cm³/mol. The summed E-state index contributed by atoms with van der Waals surface area (Å²) in [4.78, 5) is 11.6. The first-order valence-corrected chi connectivity index (χ1v) is 7.19. The quantitative estimate of drug-likeness (QED) is 0.793. The molecule has 0 amide bonds. The highest BCUT2D eigenvalue weighted by molar-refractivity contribution is 6.33. The summed E-state index contributed by atoms with van der Waals surface area (Å²) in [6.45, 7) is 8.16. The number of hydrogen-bond donors (Lipinski definition) is 2. The van der Waals surface area contributed by atoms with Crippen molar-refractivity contribution in [3.05, 3.63) is 28.8 Å². The zero-order valence-corrected chi connectivity index (χ0v) is 13.4. The Hall–Kier alpha value is -1.22. The molecule has 1 unspecified atom stereocenters. The molecule has 0 saturated carbocycles. The standard InChI is InChI=1S/C16H24ClNO2/c1-15(2,3)7-8-16(4,14(19)20)10-11-5-6-12(17)13(18)9-11/h5-6,9H,7-8,10,18H2,1-4H3,(H,19,20). The zero-order valence-electron chi connectivity index (χ0n) is 12.7. The maximum Gasteiger partial charge on any atom is 0.309 e. The Bertz CT molecular complexity index is 494. The van der Waals surface area contributed by atoms with Gasteiger partial charge in [0.25, 0.3) is 0 Å². The molecule has 0 fully saturated rings. The minimum Gasteiger partial charge on any atom is -0.481 e. The molecule has 1 rings (SSSR count). The first-order valence-electron chi connectivity index (χ1n) is 6.81. The second-order valence-corrected chi connectivity index (χ2v) is 7.37. The Kier molecular flexibility index (Phi) is 5.09. The summed E-state index contributed by atoms with van der Waals surface area (Å²) in [5.74, 6) is -0.768. The fourth-order valence-corrected chi connectivity index (χ4v) is 2.19. The van der Waals surface area contributed by atoms with E-state index in [9.17, 15) is 9.90 Å². The monoisotopic (exact) mass is 297 g/mol. The molecule has 0 bridgehead atoms. The molecule has 1 aromatic rings. The Labute approximate surface area is 126 Å². The summed E-state index contributed by atoms with van der Waals surface area (Å²) in [6, 6.07) is 5.33. The summed E-state index contributed by atoms with van der Waals surface area (Å²) in [7, 11) is 0. The number of anilines is 1. The topological polar surface area (TPSA) is 63.3 Å². The highest BCUT2D eigenvalue weighted by atomic mass is 35.5. The maximum absolute atomic E-state index is 11.6. The van der Waals surface area contributed by atoms with Crippen LogP contribution in [-0.4, -0.2) is 11.1 Å². The molecule has 20 heavy (non-hydrogen) atoms. The summed E-state index contributed by atoms with van der Waals surface area (Å²) < 4.78 is 0. The van der Waals surface area contributed by atoms with Crippen LogP contribution in [0.2, 0.25) is 5.02 Å². The minimum absolute atomic E-state index is 0.121. The van der Waals surface area contributed by atoms with Crippen molar-refractivity contribution in [2.45, 2.75) is 47.0 Å². The van der Waals surface area contributed by atoms with Gasteiger partial charge in [-0.2, -0.15) is 0 Å². The highest BCUT2D eigenvalue weighted by Gasteiger charge is 2.34. The van der Waals surface area contributed by atoms with E-state index in [2.05, 4.69) is 20.8 Å². The number of rotatable bonds is 5. The maximum atomic E-state index is 11.6. The van der Waals surface area contributed by atoms with Gasteiger partial charge in [-0.15, -0.1) is 0 Å². The van der Waals surface area contributed by atoms with Crippen molar-refractivity contribution < 1.29 is 9.90 Å². The van der Waals surface area contributed by atoms with Gasteiger partial charge < -0.3 is 10.8 Å². The third-order valence-electron chi connectivity index (χ3n) is 3.60. The molecule has 3 nitrogen and oxygen atoms in total. The van der Waals surface area contributed by atoms with Crippen LogP contribution in [0.1, 0.15) is 46.1 Å². The Balaban J connectivity index is 2.90. The van der Waals surface area contributed by atoms with Crippen LogP contribution in [0.3, 0.4) is 0 Å². The largest absolute Gasteiger partial charge is 0.481 e. The van der Waals surface area contributed by atoms with Crippen LogP contribution in [0.15, 0.2) is 18.2 Å². The van der Waals surface area contributed by atoms with Gasteiger partial charge in [-0.25, -0.2) is 0 Å². The van der Waals surface area contributed by atoms with Crippen LogP contribution >= 0.6 is 11.6 Å². The summed E-state index contributed by atoms with van der Waals surface area (Å²) in [5.41, 5.74) is 6.52. The third-order valence-corrected chi connectivity index (χ3v) is 3.94. The van der Waals surface area contributed by atoms with Gasteiger partial charge in [-0.3, -0.25) is 4.79 Å². The number of aliphatic carboxylic acids is 1. The molecule has 0 saturated heterocycles. The number of carbonyl (C=O) groups is 1. The van der Waals surface area contributed by atoms with Crippen LogP contribution in [0.25, 0.3) is 0 Å². The number of carboxylic acid groups (broad SMARTS) is 1. The third kappa shape index (κ3) is 4.71. The summed E-state index contributed by atoms with van der Waals surface area (Å²) >= 11 is 5.89. The number of nitrogens with two attached hydrogens (primary N) is 1. The van der Waals surface area contributed by atoms with Gasteiger partial charge in [0.2, 0.25) is 0 Å². The number of hydrogen-bond acceptors (Lipinski definition) is 2. The van der Waals surface area contributed by atoms with E-state index in [0.29, 0.717) is 23.6 Å². The Morgan fingerprint density at radius 3 is 2.30 bits per heavy atom. The van der Waals surface area contributed by atoms with Crippen molar-refractivity contribution in [3.63, 3.8) is 0 Å². The van der Waals surface area contributed by atoms with Gasteiger partial charge >= 0.3 is 5.97 Å². The Morgan fingerprint density at radius 2 is 1.85 bits per heavy atom. The van der Waals surface area contributed by atoms with E-state index in [1.165, 1.54) is 0 Å². The molecule has 1 atom stereocenters. The van der Waals surface area contributed by atoms with Crippen LogP contribution in [0, 0.1) is 10.8 Å². The smallest absolute Gasteiger partial charge is 0.309 e. The van der Waals surface area contributed by atoms with Crippen LogP contribution in [0.5, 0.6) is 0 Å². The number of halogens is 1. The number of benzene rings is 1. The average molecular weight is 298 g/mol. The number of carboxylic acids is 1. The van der Waals surface area contributed by atoms with Gasteiger partial charge in [0, 0.05) is 0 Å². The van der Waals surface area contributed by atoms with E-state index < -0.39 is 11.4 Å². The van der Waals surface area contributed by atoms with Crippen molar-refractivity contribution in [3.8, 4) is 0 Å². The lowest BCUT2D eigenvalue weighted by atomic mass is 9.75. The minimum atomic E-state index is -0.784. The number of nitrogen functional groups attached to an aromatic ring is 1. The second kappa shape index (κ2) is 6.04. The first kappa shape index (κ1) is 16.8. The van der Waals surface area contributed by atoms with Crippen molar-refractivity contribution >= 4 is 23.3 Å². The van der Waals surface area contributed by atoms with E-state index in [4.69, 9.17) is 17.3 Å². The molecule has 112 valence electrons.